The number of hydrogen-bond donors (Lipinski definition) is 0. The molecule has 0 N–H and O–H groups in total. The number of benzene rings is 6. The Morgan fingerprint density at radius 3 is 1.94 bits per heavy atom. The Bertz CT molecular complexity index is 1810. The SMILES string of the molecule is c1ccc(N(c2ccc3ccccc3c2)c2ccc3c(c2)sc2c4ccccc4ccc32)cc1. The van der Waals surface area contributed by atoms with Gasteiger partial charge in [-0.05, 0) is 57.9 Å². The van der Waals surface area contributed by atoms with Crippen molar-refractivity contribution in [3.05, 3.63) is 127 Å². The van der Waals surface area contributed by atoms with Crippen LogP contribution in [-0.4, -0.2) is 0 Å². The molecule has 6 aromatic carbocycles. The molecule has 160 valence electrons. The molecule has 0 fully saturated rings. The lowest BCUT2D eigenvalue weighted by atomic mass is 10.1. The molecule has 0 aliphatic heterocycles. The fraction of sp³-hybridized carbons (Fsp3) is 0. The van der Waals surface area contributed by atoms with Gasteiger partial charge in [-0.15, -0.1) is 11.3 Å². The minimum Gasteiger partial charge on any atom is -0.310 e. The lowest BCUT2D eigenvalue weighted by Crippen LogP contribution is -2.09. The Morgan fingerprint density at radius 1 is 0.412 bits per heavy atom. The highest BCUT2D eigenvalue weighted by Crippen LogP contribution is 2.42. The first-order valence-corrected chi connectivity index (χ1v) is 12.3. The first kappa shape index (κ1) is 19.3. The predicted octanol–water partition coefficient (Wildman–Crippen LogP) is 9.83. The van der Waals surface area contributed by atoms with Gasteiger partial charge in [-0.3, -0.25) is 0 Å². The van der Waals surface area contributed by atoms with E-state index in [9.17, 15) is 0 Å². The Hall–Kier alpha value is -4.14. The third-order valence-corrected chi connectivity index (χ3v) is 7.81. The van der Waals surface area contributed by atoms with E-state index in [1.54, 1.807) is 0 Å². The van der Waals surface area contributed by atoms with Crippen molar-refractivity contribution in [3.8, 4) is 0 Å². The second-order valence-corrected chi connectivity index (χ2v) is 9.70. The molecule has 7 aromatic rings. The molecular formula is C32H21NS. The largest absolute Gasteiger partial charge is 0.310 e. The molecule has 0 unspecified atom stereocenters. The van der Waals surface area contributed by atoms with Gasteiger partial charge in [-0.1, -0.05) is 91.0 Å². The molecule has 0 spiro atoms. The average Bonchev–Trinajstić information content (AvgIpc) is 3.28. The number of thiophene rings is 1. The summed E-state index contributed by atoms with van der Waals surface area (Å²) in [6.07, 6.45) is 0. The van der Waals surface area contributed by atoms with E-state index in [0.717, 1.165) is 11.4 Å². The van der Waals surface area contributed by atoms with E-state index in [4.69, 9.17) is 0 Å². The van der Waals surface area contributed by atoms with E-state index in [0.29, 0.717) is 0 Å². The first-order chi connectivity index (χ1) is 16.8. The zero-order valence-electron chi connectivity index (χ0n) is 18.5. The molecule has 0 bridgehead atoms. The molecule has 0 saturated carbocycles. The summed E-state index contributed by atoms with van der Waals surface area (Å²) in [5.41, 5.74) is 3.49. The van der Waals surface area contributed by atoms with Crippen molar-refractivity contribution in [3.63, 3.8) is 0 Å². The molecule has 0 radical (unpaired) electrons. The van der Waals surface area contributed by atoms with Crippen molar-refractivity contribution >= 4 is 70.1 Å². The van der Waals surface area contributed by atoms with E-state index in [1.807, 2.05) is 11.3 Å². The standard InChI is InChI=1S/C32H21NS/c1-2-11-25(12-3-1)33(26-16-14-22-8-4-5-10-24(22)20-26)27-17-19-29-30-18-15-23-9-6-7-13-28(23)32(30)34-31(29)21-27/h1-21H. The van der Waals surface area contributed by atoms with E-state index in [2.05, 4.69) is 132 Å². The quantitative estimate of drug-likeness (QED) is 0.258. The van der Waals surface area contributed by atoms with Crippen LogP contribution >= 0.6 is 11.3 Å². The maximum Gasteiger partial charge on any atom is 0.0476 e. The van der Waals surface area contributed by atoms with Crippen LogP contribution in [0.5, 0.6) is 0 Å². The van der Waals surface area contributed by atoms with Gasteiger partial charge in [0.05, 0.1) is 0 Å². The van der Waals surface area contributed by atoms with Crippen LogP contribution < -0.4 is 4.90 Å². The lowest BCUT2D eigenvalue weighted by Gasteiger charge is -2.26. The van der Waals surface area contributed by atoms with Crippen LogP contribution in [0.15, 0.2) is 127 Å². The van der Waals surface area contributed by atoms with E-state index < -0.39 is 0 Å². The molecule has 0 aliphatic carbocycles. The van der Waals surface area contributed by atoms with E-state index in [1.165, 1.54) is 47.4 Å². The highest BCUT2D eigenvalue weighted by atomic mass is 32.1. The zero-order valence-corrected chi connectivity index (χ0v) is 19.3. The van der Waals surface area contributed by atoms with Crippen molar-refractivity contribution in [2.24, 2.45) is 0 Å². The van der Waals surface area contributed by atoms with Gasteiger partial charge in [0.1, 0.15) is 0 Å². The van der Waals surface area contributed by atoms with Crippen LogP contribution in [0.2, 0.25) is 0 Å². The summed E-state index contributed by atoms with van der Waals surface area (Å²) in [7, 11) is 0. The molecule has 0 atom stereocenters. The van der Waals surface area contributed by atoms with E-state index in [-0.39, 0.29) is 0 Å². The van der Waals surface area contributed by atoms with Crippen molar-refractivity contribution in [2.45, 2.75) is 0 Å². The van der Waals surface area contributed by atoms with Crippen molar-refractivity contribution in [1.29, 1.82) is 0 Å². The molecule has 1 nitrogen and oxygen atoms in total. The van der Waals surface area contributed by atoms with Crippen molar-refractivity contribution in [2.75, 3.05) is 4.90 Å². The Kier molecular flexibility index (Phi) is 4.39. The highest BCUT2D eigenvalue weighted by Gasteiger charge is 2.15. The van der Waals surface area contributed by atoms with Gasteiger partial charge in [0.15, 0.2) is 0 Å². The summed E-state index contributed by atoms with van der Waals surface area (Å²) in [5, 5.41) is 7.78. The normalized spacial score (nSPS) is 11.5. The molecular weight excluding hydrogens is 430 g/mol. The van der Waals surface area contributed by atoms with Crippen LogP contribution in [0.3, 0.4) is 0 Å². The summed E-state index contributed by atoms with van der Waals surface area (Å²) in [4.78, 5) is 2.36. The number of fused-ring (bicyclic) bond motifs is 6. The molecule has 0 aliphatic rings. The smallest absolute Gasteiger partial charge is 0.0476 e. The summed E-state index contributed by atoms with van der Waals surface area (Å²) in [6.45, 7) is 0. The van der Waals surface area contributed by atoms with Gasteiger partial charge in [0, 0.05) is 37.2 Å². The minimum atomic E-state index is 1.16. The van der Waals surface area contributed by atoms with Gasteiger partial charge in [-0.2, -0.15) is 0 Å². The molecule has 7 rings (SSSR count). The van der Waals surface area contributed by atoms with Crippen LogP contribution in [0.4, 0.5) is 17.1 Å². The monoisotopic (exact) mass is 451 g/mol. The number of rotatable bonds is 3. The van der Waals surface area contributed by atoms with Crippen LogP contribution in [0.25, 0.3) is 41.7 Å². The van der Waals surface area contributed by atoms with Crippen molar-refractivity contribution < 1.29 is 0 Å². The van der Waals surface area contributed by atoms with Crippen molar-refractivity contribution in [1.82, 2.24) is 0 Å². The van der Waals surface area contributed by atoms with Crippen LogP contribution in [-0.2, 0) is 0 Å². The summed E-state index contributed by atoms with van der Waals surface area (Å²) in [5.74, 6) is 0. The van der Waals surface area contributed by atoms with Gasteiger partial charge >= 0.3 is 0 Å². The minimum absolute atomic E-state index is 1.16. The molecule has 0 amide bonds. The fourth-order valence-electron chi connectivity index (χ4n) is 4.97. The topological polar surface area (TPSA) is 3.24 Å². The average molecular weight is 452 g/mol. The highest BCUT2D eigenvalue weighted by molar-refractivity contribution is 7.26. The first-order valence-electron chi connectivity index (χ1n) is 11.5. The van der Waals surface area contributed by atoms with Gasteiger partial charge in [0.2, 0.25) is 0 Å². The van der Waals surface area contributed by atoms with Gasteiger partial charge in [-0.25, -0.2) is 0 Å². The maximum absolute atomic E-state index is 2.36. The zero-order chi connectivity index (χ0) is 22.5. The maximum atomic E-state index is 2.36. The number of nitrogens with zero attached hydrogens (tertiary/aromatic N) is 1. The molecule has 1 heterocycles. The lowest BCUT2D eigenvalue weighted by molar-refractivity contribution is 1.30. The summed E-state index contributed by atoms with van der Waals surface area (Å²) < 4.78 is 2.67. The molecule has 34 heavy (non-hydrogen) atoms. The summed E-state index contributed by atoms with van der Waals surface area (Å²) >= 11 is 1.89. The molecule has 2 heteroatoms. The molecule has 1 aromatic heterocycles. The third-order valence-electron chi connectivity index (χ3n) is 6.61. The van der Waals surface area contributed by atoms with Gasteiger partial charge in [0.25, 0.3) is 0 Å². The van der Waals surface area contributed by atoms with E-state index >= 15 is 0 Å². The third kappa shape index (κ3) is 3.07. The Labute approximate surface area is 202 Å². The predicted molar refractivity (Wildman–Crippen MR) is 149 cm³/mol. The molecule has 0 saturated heterocycles. The Balaban J connectivity index is 1.46. The summed E-state index contributed by atoms with van der Waals surface area (Å²) in [6, 6.07) is 46.0. The number of anilines is 3. The van der Waals surface area contributed by atoms with Crippen LogP contribution in [0.1, 0.15) is 0 Å². The Morgan fingerprint density at radius 2 is 1.06 bits per heavy atom. The van der Waals surface area contributed by atoms with Crippen LogP contribution in [0, 0.1) is 0 Å². The van der Waals surface area contributed by atoms with Gasteiger partial charge < -0.3 is 4.90 Å². The second kappa shape index (κ2) is 7.72. The fourth-order valence-corrected chi connectivity index (χ4v) is 6.24. The number of para-hydroxylation sites is 1. The second-order valence-electron chi connectivity index (χ2n) is 8.65. The number of hydrogen-bond acceptors (Lipinski definition) is 2.